The molecule has 0 unspecified atom stereocenters. The van der Waals surface area contributed by atoms with Gasteiger partial charge in [-0.2, -0.15) is 11.3 Å². The maximum atomic E-state index is 12.3. The molecule has 1 amide bonds. The predicted molar refractivity (Wildman–Crippen MR) is 103 cm³/mol. The van der Waals surface area contributed by atoms with E-state index < -0.39 is 0 Å². The first kappa shape index (κ1) is 18.1. The van der Waals surface area contributed by atoms with Crippen molar-refractivity contribution in [2.75, 3.05) is 20.3 Å². The molecule has 1 N–H and O–H groups in total. The average Bonchev–Trinajstić information content (AvgIpc) is 3.22. The molecule has 1 aromatic carbocycles. The van der Waals surface area contributed by atoms with E-state index in [1.54, 1.807) is 48.9 Å². The molecular formula is C20H20N2O3S. The van der Waals surface area contributed by atoms with Crippen molar-refractivity contribution < 1.29 is 14.3 Å². The molecule has 0 fully saturated rings. The third-order valence-corrected chi connectivity index (χ3v) is 4.46. The fraction of sp³-hybridized carbons (Fsp3) is 0.200. The number of nitrogens with zero attached hydrogens (tertiary/aromatic N) is 1. The second kappa shape index (κ2) is 9.12. The van der Waals surface area contributed by atoms with E-state index in [0.717, 1.165) is 16.7 Å². The lowest BCUT2D eigenvalue weighted by Gasteiger charge is -2.08. The SMILES string of the molecule is COCCOc1ccc(C(=O)NCc2cncc(-c3ccsc3)c2)cc1. The quantitative estimate of drug-likeness (QED) is 0.615. The smallest absolute Gasteiger partial charge is 0.251 e. The van der Waals surface area contributed by atoms with Crippen LogP contribution in [0.5, 0.6) is 5.75 Å². The number of benzene rings is 1. The number of carbonyl (C=O) groups excluding carboxylic acids is 1. The summed E-state index contributed by atoms with van der Waals surface area (Å²) in [6, 6.07) is 11.2. The first-order chi connectivity index (χ1) is 12.8. The molecule has 0 spiro atoms. The van der Waals surface area contributed by atoms with Crippen LogP contribution in [0.15, 0.2) is 59.6 Å². The molecule has 0 saturated heterocycles. The van der Waals surface area contributed by atoms with Crippen molar-refractivity contribution in [3.8, 4) is 16.9 Å². The summed E-state index contributed by atoms with van der Waals surface area (Å²) in [6.45, 7) is 1.44. The van der Waals surface area contributed by atoms with Gasteiger partial charge >= 0.3 is 0 Å². The van der Waals surface area contributed by atoms with Crippen LogP contribution in [0, 0.1) is 0 Å². The van der Waals surface area contributed by atoms with Crippen molar-refractivity contribution >= 4 is 17.2 Å². The van der Waals surface area contributed by atoms with Crippen molar-refractivity contribution in [3.05, 3.63) is 70.7 Å². The molecule has 5 nitrogen and oxygen atoms in total. The van der Waals surface area contributed by atoms with Gasteiger partial charge in [-0.25, -0.2) is 0 Å². The van der Waals surface area contributed by atoms with Gasteiger partial charge in [0.15, 0.2) is 0 Å². The summed E-state index contributed by atoms with van der Waals surface area (Å²) in [5, 5.41) is 7.04. The van der Waals surface area contributed by atoms with Crippen LogP contribution >= 0.6 is 11.3 Å². The zero-order valence-electron chi connectivity index (χ0n) is 14.5. The normalized spacial score (nSPS) is 10.5. The fourth-order valence-corrected chi connectivity index (χ4v) is 3.07. The fourth-order valence-electron chi connectivity index (χ4n) is 2.40. The summed E-state index contributed by atoms with van der Waals surface area (Å²) >= 11 is 1.65. The number of nitrogens with one attached hydrogen (secondary N) is 1. The molecular weight excluding hydrogens is 348 g/mol. The number of carbonyl (C=O) groups is 1. The Hall–Kier alpha value is -2.70. The van der Waals surface area contributed by atoms with Gasteiger partial charge in [0.1, 0.15) is 12.4 Å². The first-order valence-electron chi connectivity index (χ1n) is 8.23. The van der Waals surface area contributed by atoms with Gasteiger partial charge in [0.2, 0.25) is 0 Å². The third kappa shape index (κ3) is 4.91. The largest absolute Gasteiger partial charge is 0.491 e. The standard InChI is InChI=1S/C20H20N2O3S/c1-24-7-8-25-19-4-2-16(3-5-19)20(23)22-12-15-10-18(13-21-11-15)17-6-9-26-14-17/h2-6,9-11,13-14H,7-8,12H2,1H3,(H,22,23). The minimum Gasteiger partial charge on any atom is -0.491 e. The minimum absolute atomic E-state index is 0.130. The van der Waals surface area contributed by atoms with Gasteiger partial charge in [-0.1, -0.05) is 0 Å². The zero-order valence-corrected chi connectivity index (χ0v) is 15.3. The summed E-state index contributed by atoms with van der Waals surface area (Å²) < 4.78 is 10.4. The highest BCUT2D eigenvalue weighted by molar-refractivity contribution is 7.08. The second-order valence-electron chi connectivity index (χ2n) is 5.64. The van der Waals surface area contributed by atoms with Crippen LogP contribution in [0.2, 0.25) is 0 Å². The number of thiophene rings is 1. The maximum Gasteiger partial charge on any atom is 0.251 e. The van der Waals surface area contributed by atoms with Crippen LogP contribution in [-0.4, -0.2) is 31.2 Å². The molecule has 0 atom stereocenters. The third-order valence-electron chi connectivity index (χ3n) is 3.78. The molecule has 0 aliphatic rings. The second-order valence-corrected chi connectivity index (χ2v) is 6.42. The van der Waals surface area contributed by atoms with E-state index >= 15 is 0 Å². The van der Waals surface area contributed by atoms with Crippen LogP contribution in [0.3, 0.4) is 0 Å². The van der Waals surface area contributed by atoms with Crippen molar-refractivity contribution in [2.45, 2.75) is 6.54 Å². The number of rotatable bonds is 8. The Morgan fingerprint density at radius 1 is 1.12 bits per heavy atom. The van der Waals surface area contributed by atoms with Crippen molar-refractivity contribution in [1.82, 2.24) is 10.3 Å². The number of pyridine rings is 1. The molecule has 26 heavy (non-hydrogen) atoms. The molecule has 2 heterocycles. The van der Waals surface area contributed by atoms with E-state index in [-0.39, 0.29) is 5.91 Å². The molecule has 2 aromatic heterocycles. The highest BCUT2D eigenvalue weighted by atomic mass is 32.1. The van der Waals surface area contributed by atoms with E-state index in [0.29, 0.717) is 31.1 Å². The van der Waals surface area contributed by atoms with Crippen LogP contribution in [0.1, 0.15) is 15.9 Å². The monoisotopic (exact) mass is 368 g/mol. The Kier molecular flexibility index (Phi) is 6.35. The van der Waals surface area contributed by atoms with Crippen LogP contribution in [0.25, 0.3) is 11.1 Å². The lowest BCUT2D eigenvalue weighted by molar-refractivity contribution is 0.0950. The van der Waals surface area contributed by atoms with E-state index in [1.807, 2.05) is 17.6 Å². The van der Waals surface area contributed by atoms with E-state index in [1.165, 1.54) is 0 Å². The zero-order chi connectivity index (χ0) is 18.2. The highest BCUT2D eigenvalue weighted by Crippen LogP contribution is 2.22. The van der Waals surface area contributed by atoms with E-state index in [2.05, 4.69) is 21.7 Å². The maximum absolute atomic E-state index is 12.3. The van der Waals surface area contributed by atoms with Crippen LogP contribution < -0.4 is 10.1 Å². The van der Waals surface area contributed by atoms with Gasteiger partial charge in [-0.05, 0) is 58.3 Å². The van der Waals surface area contributed by atoms with Gasteiger partial charge in [0, 0.05) is 37.2 Å². The summed E-state index contributed by atoms with van der Waals surface area (Å²) in [5.41, 5.74) is 3.74. The summed E-state index contributed by atoms with van der Waals surface area (Å²) in [5.74, 6) is 0.584. The number of aromatic nitrogens is 1. The lowest BCUT2D eigenvalue weighted by Crippen LogP contribution is -2.22. The van der Waals surface area contributed by atoms with E-state index in [9.17, 15) is 4.79 Å². The van der Waals surface area contributed by atoms with Crippen molar-refractivity contribution in [3.63, 3.8) is 0 Å². The van der Waals surface area contributed by atoms with Crippen molar-refractivity contribution in [1.29, 1.82) is 0 Å². The van der Waals surface area contributed by atoms with Gasteiger partial charge in [0.05, 0.1) is 6.61 Å². The number of hydrogen-bond donors (Lipinski definition) is 1. The molecule has 0 saturated carbocycles. The Balaban J connectivity index is 1.56. The van der Waals surface area contributed by atoms with E-state index in [4.69, 9.17) is 9.47 Å². The topological polar surface area (TPSA) is 60.5 Å². The summed E-state index contributed by atoms with van der Waals surface area (Å²) in [4.78, 5) is 16.6. The van der Waals surface area contributed by atoms with Gasteiger partial charge in [-0.15, -0.1) is 0 Å². The molecule has 0 bridgehead atoms. The summed E-state index contributed by atoms with van der Waals surface area (Å²) in [7, 11) is 1.63. The Labute approximate surface area is 156 Å². The molecule has 3 rings (SSSR count). The lowest BCUT2D eigenvalue weighted by atomic mass is 10.1. The van der Waals surface area contributed by atoms with Crippen LogP contribution in [0.4, 0.5) is 0 Å². The molecule has 0 aliphatic carbocycles. The molecule has 134 valence electrons. The van der Waals surface area contributed by atoms with Crippen molar-refractivity contribution in [2.24, 2.45) is 0 Å². The van der Waals surface area contributed by atoms with Gasteiger partial charge < -0.3 is 14.8 Å². The highest BCUT2D eigenvalue weighted by Gasteiger charge is 2.07. The Morgan fingerprint density at radius 2 is 1.96 bits per heavy atom. The van der Waals surface area contributed by atoms with Crippen LogP contribution in [-0.2, 0) is 11.3 Å². The first-order valence-corrected chi connectivity index (χ1v) is 9.17. The Morgan fingerprint density at radius 3 is 2.69 bits per heavy atom. The van der Waals surface area contributed by atoms with Gasteiger partial charge in [-0.3, -0.25) is 9.78 Å². The molecule has 3 aromatic rings. The number of methoxy groups -OCH3 is 1. The molecule has 0 radical (unpaired) electrons. The number of amides is 1. The van der Waals surface area contributed by atoms with Gasteiger partial charge in [0.25, 0.3) is 5.91 Å². The predicted octanol–water partition coefficient (Wildman–Crippen LogP) is 3.77. The summed E-state index contributed by atoms with van der Waals surface area (Å²) in [6.07, 6.45) is 3.60. The molecule has 0 aliphatic heterocycles. The minimum atomic E-state index is -0.130. The average molecular weight is 368 g/mol. The number of hydrogen-bond acceptors (Lipinski definition) is 5. The Bertz CT molecular complexity index is 833. The molecule has 6 heteroatoms. The number of ether oxygens (including phenoxy) is 2.